The molecule has 0 saturated heterocycles. The molecule has 0 radical (unpaired) electrons. The molecule has 29 heavy (non-hydrogen) atoms. The van der Waals surface area contributed by atoms with E-state index in [1.165, 1.54) is 12.5 Å². The molecule has 2 N–H and O–H groups in total. The number of Topliss-reactive ketones (excluding diaryl/α,β-unsaturated/α-hetero) is 1. The van der Waals surface area contributed by atoms with Crippen LogP contribution in [0, 0.1) is 5.92 Å². The Morgan fingerprint density at radius 2 is 1.97 bits per heavy atom. The Bertz CT molecular complexity index is 873. The van der Waals surface area contributed by atoms with Gasteiger partial charge in [-0.25, -0.2) is 13.6 Å². The van der Waals surface area contributed by atoms with E-state index in [2.05, 4.69) is 0 Å². The number of nitrogens with zero attached hydrogens (tertiary/aromatic N) is 1. The SMILES string of the molecule is CCOC(=O)C1=CN2C(Cc3ccccc3)=COC3C(F)C(F)C(N)C(C1=O)C32. The fourth-order valence-electron chi connectivity index (χ4n) is 4.29. The summed E-state index contributed by atoms with van der Waals surface area (Å²) in [7, 11) is 0. The summed E-state index contributed by atoms with van der Waals surface area (Å²) in [6, 6.07) is 7.25. The summed E-state index contributed by atoms with van der Waals surface area (Å²) in [5.41, 5.74) is 7.30. The number of benzene rings is 1. The maximum absolute atomic E-state index is 14.7. The van der Waals surface area contributed by atoms with Crippen molar-refractivity contribution in [3.63, 3.8) is 0 Å². The van der Waals surface area contributed by atoms with E-state index in [1.54, 1.807) is 11.8 Å². The fraction of sp³-hybridized carbons (Fsp3) is 0.429. The smallest absolute Gasteiger partial charge is 0.343 e. The highest BCUT2D eigenvalue weighted by molar-refractivity contribution is 6.19. The lowest BCUT2D eigenvalue weighted by atomic mass is 9.70. The topological polar surface area (TPSA) is 81.9 Å². The number of ketones is 1. The molecule has 0 aromatic heterocycles. The highest BCUT2D eigenvalue weighted by Gasteiger charge is 2.59. The third-order valence-electron chi connectivity index (χ3n) is 5.68. The Morgan fingerprint density at radius 3 is 2.66 bits per heavy atom. The summed E-state index contributed by atoms with van der Waals surface area (Å²) in [5.74, 6) is -2.56. The Hall–Kier alpha value is -2.74. The van der Waals surface area contributed by atoms with Gasteiger partial charge in [0, 0.05) is 12.6 Å². The molecule has 0 amide bonds. The van der Waals surface area contributed by atoms with Gasteiger partial charge in [0.1, 0.15) is 11.8 Å². The number of rotatable bonds is 4. The molecular weight excluding hydrogens is 382 g/mol. The fourth-order valence-corrected chi connectivity index (χ4v) is 4.29. The minimum Gasteiger partial charge on any atom is -0.491 e. The van der Waals surface area contributed by atoms with Gasteiger partial charge < -0.3 is 20.1 Å². The zero-order chi connectivity index (χ0) is 20.7. The maximum Gasteiger partial charge on any atom is 0.343 e. The number of nitrogens with two attached hydrogens (primary N) is 1. The zero-order valence-electron chi connectivity index (χ0n) is 15.8. The minimum absolute atomic E-state index is 0.0837. The quantitative estimate of drug-likeness (QED) is 0.609. The van der Waals surface area contributed by atoms with E-state index < -0.39 is 48.2 Å². The lowest BCUT2D eigenvalue weighted by molar-refractivity contribution is -0.148. The van der Waals surface area contributed by atoms with E-state index in [4.69, 9.17) is 15.2 Å². The average Bonchev–Trinajstić information content (AvgIpc) is 2.72. The molecule has 3 aliphatic rings. The molecule has 6 atom stereocenters. The molecule has 6 unspecified atom stereocenters. The number of esters is 1. The van der Waals surface area contributed by atoms with Gasteiger partial charge in [-0.3, -0.25) is 4.79 Å². The number of alkyl halides is 2. The number of hydrogen-bond donors (Lipinski definition) is 1. The van der Waals surface area contributed by atoms with Crippen molar-refractivity contribution in [2.45, 2.75) is 43.9 Å². The van der Waals surface area contributed by atoms with E-state index in [-0.39, 0.29) is 12.2 Å². The van der Waals surface area contributed by atoms with Gasteiger partial charge in [0.2, 0.25) is 0 Å². The van der Waals surface area contributed by atoms with Crippen molar-refractivity contribution in [3.8, 4) is 0 Å². The standard InChI is InChI=1S/C21H22F2N2O4/c1-2-28-21(27)13-9-25-12(8-11-6-4-3-5-7-11)10-29-20-16(23)15(22)17(24)14(18(20)25)19(13)26/h3-7,9-10,14-18,20H,2,8,24H2,1H3. The van der Waals surface area contributed by atoms with E-state index in [9.17, 15) is 18.4 Å². The van der Waals surface area contributed by atoms with Crippen molar-refractivity contribution in [2.75, 3.05) is 6.61 Å². The second kappa shape index (κ2) is 7.59. The van der Waals surface area contributed by atoms with Crippen molar-refractivity contribution in [2.24, 2.45) is 11.7 Å². The molecule has 154 valence electrons. The number of allylic oxidation sites excluding steroid dienone is 1. The molecule has 6 nitrogen and oxygen atoms in total. The second-order valence-corrected chi connectivity index (χ2v) is 7.39. The van der Waals surface area contributed by atoms with Crippen molar-refractivity contribution >= 4 is 11.8 Å². The van der Waals surface area contributed by atoms with Gasteiger partial charge in [-0.15, -0.1) is 0 Å². The monoisotopic (exact) mass is 404 g/mol. The molecule has 1 aromatic rings. The predicted octanol–water partition coefficient (Wildman–Crippen LogP) is 1.80. The Morgan fingerprint density at radius 1 is 1.24 bits per heavy atom. The van der Waals surface area contributed by atoms with Crippen LogP contribution in [0.3, 0.4) is 0 Å². The van der Waals surface area contributed by atoms with E-state index >= 15 is 0 Å². The normalized spacial score (nSPS) is 33.2. The Kier molecular flexibility index (Phi) is 5.12. The van der Waals surface area contributed by atoms with Crippen LogP contribution in [0.2, 0.25) is 0 Å². The molecular formula is C21H22F2N2O4. The molecule has 1 fully saturated rings. The van der Waals surface area contributed by atoms with Crippen molar-refractivity contribution < 1.29 is 27.8 Å². The van der Waals surface area contributed by atoms with Crippen LogP contribution in [0.4, 0.5) is 8.78 Å². The van der Waals surface area contributed by atoms with Gasteiger partial charge in [-0.1, -0.05) is 30.3 Å². The highest BCUT2D eigenvalue weighted by Crippen LogP contribution is 2.43. The number of carbonyl (C=O) groups is 2. The number of hydrogen-bond acceptors (Lipinski definition) is 6. The molecule has 1 saturated carbocycles. The van der Waals surface area contributed by atoms with E-state index in [0.29, 0.717) is 12.1 Å². The molecule has 2 aliphatic heterocycles. The van der Waals surface area contributed by atoms with Crippen LogP contribution < -0.4 is 5.73 Å². The van der Waals surface area contributed by atoms with E-state index in [0.717, 1.165) is 5.56 Å². The Labute approximate surface area is 166 Å². The molecule has 1 aromatic carbocycles. The predicted molar refractivity (Wildman–Crippen MR) is 99.7 cm³/mol. The summed E-state index contributed by atoms with van der Waals surface area (Å²) in [6.07, 6.45) is -2.09. The lowest BCUT2D eigenvalue weighted by Gasteiger charge is -2.52. The van der Waals surface area contributed by atoms with Gasteiger partial charge in [-0.05, 0) is 12.5 Å². The molecule has 2 heterocycles. The van der Waals surface area contributed by atoms with Crippen LogP contribution in [-0.4, -0.2) is 53.8 Å². The van der Waals surface area contributed by atoms with Gasteiger partial charge in [-0.2, -0.15) is 0 Å². The minimum atomic E-state index is -2.07. The zero-order valence-corrected chi connectivity index (χ0v) is 15.8. The second-order valence-electron chi connectivity index (χ2n) is 7.39. The van der Waals surface area contributed by atoms with Crippen molar-refractivity contribution in [3.05, 3.63) is 59.6 Å². The van der Waals surface area contributed by atoms with E-state index in [1.807, 2.05) is 30.3 Å². The maximum atomic E-state index is 14.7. The van der Waals surface area contributed by atoms with Crippen LogP contribution in [0.1, 0.15) is 12.5 Å². The van der Waals surface area contributed by atoms with Crippen LogP contribution >= 0.6 is 0 Å². The first kappa shape index (κ1) is 19.6. The first-order valence-electron chi connectivity index (χ1n) is 9.57. The van der Waals surface area contributed by atoms with Gasteiger partial charge in [0.25, 0.3) is 0 Å². The highest BCUT2D eigenvalue weighted by atomic mass is 19.2. The number of carbonyl (C=O) groups excluding carboxylic acids is 2. The third kappa shape index (κ3) is 3.21. The average molecular weight is 404 g/mol. The van der Waals surface area contributed by atoms with Gasteiger partial charge in [0.15, 0.2) is 24.2 Å². The first-order valence-corrected chi connectivity index (χ1v) is 9.57. The lowest BCUT2D eigenvalue weighted by Crippen LogP contribution is -2.69. The summed E-state index contributed by atoms with van der Waals surface area (Å²) >= 11 is 0. The summed E-state index contributed by atoms with van der Waals surface area (Å²) in [4.78, 5) is 27.0. The third-order valence-corrected chi connectivity index (χ3v) is 5.68. The molecule has 1 aliphatic carbocycles. The summed E-state index contributed by atoms with van der Waals surface area (Å²) in [6.45, 7) is 1.71. The largest absolute Gasteiger partial charge is 0.491 e. The molecule has 0 spiro atoms. The summed E-state index contributed by atoms with van der Waals surface area (Å²) < 4.78 is 39.7. The molecule has 0 bridgehead atoms. The Balaban J connectivity index is 1.78. The summed E-state index contributed by atoms with van der Waals surface area (Å²) in [5, 5.41) is 0. The molecule has 8 heteroatoms. The number of halogens is 2. The first-order chi connectivity index (χ1) is 13.9. The number of ether oxygens (including phenoxy) is 2. The van der Waals surface area contributed by atoms with Crippen molar-refractivity contribution in [1.29, 1.82) is 0 Å². The van der Waals surface area contributed by atoms with Crippen LogP contribution in [0.15, 0.2) is 54.1 Å². The van der Waals surface area contributed by atoms with Gasteiger partial charge >= 0.3 is 5.97 Å². The van der Waals surface area contributed by atoms with Crippen molar-refractivity contribution in [1.82, 2.24) is 4.90 Å². The van der Waals surface area contributed by atoms with Gasteiger partial charge in [0.05, 0.1) is 30.3 Å². The van der Waals surface area contributed by atoms with Crippen LogP contribution in [-0.2, 0) is 25.5 Å². The van der Waals surface area contributed by atoms with Crippen LogP contribution in [0.25, 0.3) is 0 Å². The molecule has 4 rings (SSSR count). The van der Waals surface area contributed by atoms with Crippen LogP contribution in [0.5, 0.6) is 0 Å².